The number of halogens is 1. The molecular weight excluding hydrogens is 263 g/mol. The van der Waals surface area contributed by atoms with E-state index in [-0.39, 0.29) is 5.82 Å². The summed E-state index contributed by atoms with van der Waals surface area (Å²) in [6.45, 7) is 0. The normalized spacial score (nSPS) is 11.0. The Bertz CT molecular complexity index is 673. The number of para-hydroxylation sites is 2. The van der Waals surface area contributed by atoms with E-state index in [9.17, 15) is 4.39 Å². The molecule has 0 aliphatic heterocycles. The van der Waals surface area contributed by atoms with Crippen LogP contribution in [0.25, 0.3) is 11.1 Å². The summed E-state index contributed by atoms with van der Waals surface area (Å²) in [7, 11) is 0. The van der Waals surface area contributed by atoms with Crippen LogP contribution in [0.15, 0.2) is 51.8 Å². The van der Waals surface area contributed by atoms with Crippen molar-refractivity contribution in [1.29, 1.82) is 0 Å². The van der Waals surface area contributed by atoms with Crippen molar-refractivity contribution in [1.82, 2.24) is 4.98 Å². The van der Waals surface area contributed by atoms with Crippen LogP contribution < -0.4 is 5.73 Å². The molecule has 19 heavy (non-hydrogen) atoms. The SMILES string of the molecule is Nc1cc(F)cc(SCc2nc3ccccc3o2)c1. The van der Waals surface area contributed by atoms with Gasteiger partial charge in [-0.25, -0.2) is 9.37 Å². The molecule has 0 fully saturated rings. The molecule has 3 rings (SSSR count). The van der Waals surface area contributed by atoms with Crippen molar-refractivity contribution in [3.05, 3.63) is 54.2 Å². The van der Waals surface area contributed by atoms with E-state index in [4.69, 9.17) is 10.2 Å². The highest BCUT2D eigenvalue weighted by Crippen LogP contribution is 2.26. The summed E-state index contributed by atoms with van der Waals surface area (Å²) >= 11 is 1.44. The monoisotopic (exact) mass is 274 g/mol. The van der Waals surface area contributed by atoms with Gasteiger partial charge >= 0.3 is 0 Å². The van der Waals surface area contributed by atoms with Crippen molar-refractivity contribution in [2.24, 2.45) is 0 Å². The average molecular weight is 274 g/mol. The number of benzene rings is 2. The van der Waals surface area contributed by atoms with E-state index in [2.05, 4.69) is 4.98 Å². The van der Waals surface area contributed by atoms with E-state index in [0.717, 1.165) is 16.0 Å². The van der Waals surface area contributed by atoms with Gasteiger partial charge in [-0.3, -0.25) is 0 Å². The molecule has 2 aromatic carbocycles. The van der Waals surface area contributed by atoms with Crippen LogP contribution in [0.5, 0.6) is 0 Å². The Morgan fingerprint density at radius 3 is 2.84 bits per heavy atom. The number of thioether (sulfide) groups is 1. The maximum absolute atomic E-state index is 13.2. The minimum atomic E-state index is -0.333. The molecule has 3 nitrogen and oxygen atoms in total. The van der Waals surface area contributed by atoms with Crippen LogP contribution in [-0.4, -0.2) is 4.98 Å². The first kappa shape index (κ1) is 12.0. The van der Waals surface area contributed by atoms with Crippen LogP contribution in [0.3, 0.4) is 0 Å². The fourth-order valence-corrected chi connectivity index (χ4v) is 2.62. The van der Waals surface area contributed by atoms with Crippen LogP contribution in [-0.2, 0) is 5.75 Å². The van der Waals surface area contributed by atoms with Gasteiger partial charge < -0.3 is 10.2 Å². The van der Waals surface area contributed by atoms with Crippen LogP contribution in [0, 0.1) is 5.82 Å². The third-order valence-electron chi connectivity index (χ3n) is 2.59. The van der Waals surface area contributed by atoms with E-state index in [1.165, 1.54) is 23.9 Å². The number of nitrogens with zero attached hydrogens (tertiary/aromatic N) is 1. The molecule has 0 atom stereocenters. The highest BCUT2D eigenvalue weighted by molar-refractivity contribution is 7.98. The molecule has 0 amide bonds. The standard InChI is InChI=1S/C14H11FN2OS/c15-9-5-10(16)7-11(6-9)19-8-14-17-12-3-1-2-4-13(12)18-14/h1-7H,8,16H2. The van der Waals surface area contributed by atoms with Crippen molar-refractivity contribution in [2.45, 2.75) is 10.6 Å². The van der Waals surface area contributed by atoms with E-state index in [1.54, 1.807) is 6.07 Å². The molecule has 0 bridgehead atoms. The Balaban J connectivity index is 1.78. The Hall–Kier alpha value is -2.01. The topological polar surface area (TPSA) is 52.0 Å². The van der Waals surface area contributed by atoms with Gasteiger partial charge in [-0.1, -0.05) is 12.1 Å². The molecule has 3 aromatic rings. The highest BCUT2D eigenvalue weighted by Gasteiger charge is 2.06. The summed E-state index contributed by atoms with van der Waals surface area (Å²) in [6, 6.07) is 12.1. The van der Waals surface area contributed by atoms with Gasteiger partial charge in [0, 0.05) is 10.6 Å². The highest BCUT2D eigenvalue weighted by atomic mass is 32.2. The van der Waals surface area contributed by atoms with E-state index in [0.29, 0.717) is 17.3 Å². The van der Waals surface area contributed by atoms with Crippen LogP contribution >= 0.6 is 11.8 Å². The fraction of sp³-hybridized carbons (Fsp3) is 0.0714. The second-order valence-electron chi connectivity index (χ2n) is 4.08. The van der Waals surface area contributed by atoms with Crippen molar-refractivity contribution in [3.8, 4) is 0 Å². The predicted molar refractivity (Wildman–Crippen MR) is 74.4 cm³/mol. The summed E-state index contributed by atoms with van der Waals surface area (Å²) in [4.78, 5) is 5.12. The van der Waals surface area contributed by atoms with Gasteiger partial charge in [-0.05, 0) is 30.3 Å². The van der Waals surface area contributed by atoms with Gasteiger partial charge in [0.25, 0.3) is 0 Å². The van der Waals surface area contributed by atoms with Gasteiger partial charge in [0.1, 0.15) is 11.3 Å². The molecular formula is C14H11FN2OS. The van der Waals surface area contributed by atoms with Crippen molar-refractivity contribution >= 4 is 28.5 Å². The number of nitrogen functional groups attached to an aromatic ring is 1. The molecule has 0 aliphatic carbocycles. The summed E-state index contributed by atoms with van der Waals surface area (Å²) in [5.41, 5.74) is 7.61. The Labute approximate surface area is 113 Å². The third-order valence-corrected chi connectivity index (χ3v) is 3.55. The summed E-state index contributed by atoms with van der Waals surface area (Å²) in [5.74, 6) is 0.825. The van der Waals surface area contributed by atoms with Gasteiger partial charge in [-0.2, -0.15) is 0 Å². The maximum atomic E-state index is 13.2. The zero-order valence-electron chi connectivity index (χ0n) is 9.97. The number of anilines is 1. The van der Waals surface area contributed by atoms with Crippen molar-refractivity contribution < 1.29 is 8.81 Å². The first-order valence-corrected chi connectivity index (χ1v) is 6.72. The molecule has 0 aliphatic rings. The number of hydrogen-bond donors (Lipinski definition) is 1. The minimum Gasteiger partial charge on any atom is -0.440 e. The molecule has 0 spiro atoms. The van der Waals surface area contributed by atoms with E-state index < -0.39 is 0 Å². The number of hydrogen-bond acceptors (Lipinski definition) is 4. The Kier molecular flexibility index (Phi) is 3.13. The molecule has 0 unspecified atom stereocenters. The largest absolute Gasteiger partial charge is 0.440 e. The zero-order valence-corrected chi connectivity index (χ0v) is 10.8. The second-order valence-corrected chi connectivity index (χ2v) is 5.13. The number of rotatable bonds is 3. The molecule has 5 heteroatoms. The summed E-state index contributed by atoms with van der Waals surface area (Å²) in [5, 5.41) is 0. The Morgan fingerprint density at radius 2 is 2.05 bits per heavy atom. The second kappa shape index (κ2) is 4.93. The number of oxazole rings is 1. The van der Waals surface area contributed by atoms with Gasteiger partial charge in [0.2, 0.25) is 5.89 Å². The average Bonchev–Trinajstić information content (AvgIpc) is 2.78. The molecule has 0 saturated heterocycles. The summed E-state index contributed by atoms with van der Waals surface area (Å²) in [6.07, 6.45) is 0. The van der Waals surface area contributed by atoms with Gasteiger partial charge in [0.15, 0.2) is 5.58 Å². The Morgan fingerprint density at radius 1 is 1.21 bits per heavy atom. The lowest BCUT2D eigenvalue weighted by molar-refractivity contribution is 0.556. The third kappa shape index (κ3) is 2.71. The quantitative estimate of drug-likeness (QED) is 0.582. The molecule has 96 valence electrons. The van der Waals surface area contributed by atoms with Crippen molar-refractivity contribution in [2.75, 3.05) is 5.73 Å². The molecule has 0 saturated carbocycles. The first-order valence-electron chi connectivity index (χ1n) is 5.74. The smallest absolute Gasteiger partial charge is 0.205 e. The lowest BCUT2D eigenvalue weighted by Gasteiger charge is -2.01. The van der Waals surface area contributed by atoms with Gasteiger partial charge in [0.05, 0.1) is 5.75 Å². The number of nitrogens with two attached hydrogens (primary N) is 1. The summed E-state index contributed by atoms with van der Waals surface area (Å²) < 4.78 is 18.8. The fourth-order valence-electron chi connectivity index (χ4n) is 1.79. The maximum Gasteiger partial charge on any atom is 0.205 e. The van der Waals surface area contributed by atoms with Crippen LogP contribution in [0.2, 0.25) is 0 Å². The van der Waals surface area contributed by atoms with Crippen LogP contribution in [0.4, 0.5) is 10.1 Å². The van der Waals surface area contributed by atoms with Crippen LogP contribution in [0.1, 0.15) is 5.89 Å². The van der Waals surface area contributed by atoms with E-state index >= 15 is 0 Å². The number of aromatic nitrogens is 1. The van der Waals surface area contributed by atoms with Crippen molar-refractivity contribution in [3.63, 3.8) is 0 Å². The molecule has 0 radical (unpaired) electrons. The molecule has 1 heterocycles. The lowest BCUT2D eigenvalue weighted by Crippen LogP contribution is -1.88. The zero-order chi connectivity index (χ0) is 13.2. The minimum absolute atomic E-state index is 0.333. The predicted octanol–water partition coefficient (Wildman–Crippen LogP) is 3.84. The lowest BCUT2D eigenvalue weighted by atomic mass is 10.3. The molecule has 1 aromatic heterocycles. The number of fused-ring (bicyclic) bond motifs is 1. The van der Waals surface area contributed by atoms with E-state index in [1.807, 2.05) is 24.3 Å². The van der Waals surface area contributed by atoms with Gasteiger partial charge in [-0.15, -0.1) is 11.8 Å². The molecule has 2 N–H and O–H groups in total. The first-order chi connectivity index (χ1) is 9.20.